The van der Waals surface area contributed by atoms with Gasteiger partial charge in [0.1, 0.15) is 11.6 Å². The Kier molecular flexibility index (Phi) is 6.33. The number of carbonyl (C=O) groups excluding carboxylic acids is 1. The number of para-hydroxylation sites is 3. The molecule has 0 spiro atoms. The molecular formula is C30H33N3O2. The monoisotopic (exact) mass is 467 g/mol. The second kappa shape index (κ2) is 9.57. The van der Waals surface area contributed by atoms with E-state index >= 15 is 0 Å². The number of rotatable bonds is 7. The molecule has 1 amide bonds. The summed E-state index contributed by atoms with van der Waals surface area (Å²) in [6.45, 7) is 10.4. The molecule has 1 aromatic heterocycles. The van der Waals surface area contributed by atoms with Crippen LogP contribution in [0.2, 0.25) is 0 Å². The number of hydrogen-bond acceptors (Lipinski definition) is 3. The number of hydrogen-bond donors (Lipinski definition) is 0. The number of benzene rings is 3. The second-order valence-corrected chi connectivity index (χ2v) is 9.78. The van der Waals surface area contributed by atoms with E-state index in [2.05, 4.69) is 80.8 Å². The van der Waals surface area contributed by atoms with Gasteiger partial charge >= 0.3 is 0 Å². The van der Waals surface area contributed by atoms with Gasteiger partial charge in [-0.25, -0.2) is 4.98 Å². The molecule has 0 aliphatic carbocycles. The quantitative estimate of drug-likeness (QED) is 0.301. The average Bonchev–Trinajstić information content (AvgIpc) is 3.37. The number of nitrogens with zero attached hydrogens (tertiary/aromatic N) is 3. The van der Waals surface area contributed by atoms with Crippen LogP contribution in [0.25, 0.3) is 11.0 Å². The van der Waals surface area contributed by atoms with Gasteiger partial charge in [-0.2, -0.15) is 0 Å². The molecule has 0 radical (unpaired) electrons. The van der Waals surface area contributed by atoms with Crippen LogP contribution in [-0.2, 0) is 11.3 Å². The topological polar surface area (TPSA) is 47.4 Å². The lowest BCUT2D eigenvalue weighted by atomic mass is 10.1. The van der Waals surface area contributed by atoms with E-state index in [0.717, 1.165) is 52.4 Å². The predicted molar refractivity (Wildman–Crippen MR) is 141 cm³/mol. The minimum Gasteiger partial charge on any atom is -0.494 e. The molecule has 180 valence electrons. The Hall–Kier alpha value is -3.60. The van der Waals surface area contributed by atoms with Gasteiger partial charge in [-0.05, 0) is 80.6 Å². The Balaban J connectivity index is 1.36. The summed E-state index contributed by atoms with van der Waals surface area (Å²) in [7, 11) is 0. The molecule has 3 aromatic carbocycles. The summed E-state index contributed by atoms with van der Waals surface area (Å²) >= 11 is 0. The van der Waals surface area contributed by atoms with Crippen molar-refractivity contribution in [1.82, 2.24) is 9.55 Å². The molecule has 2 heterocycles. The van der Waals surface area contributed by atoms with Crippen molar-refractivity contribution in [3.05, 3.63) is 88.7 Å². The highest BCUT2D eigenvalue weighted by Gasteiger charge is 2.35. The Morgan fingerprint density at radius 2 is 1.66 bits per heavy atom. The SMILES string of the molecule is Cc1cc(C)cc(OCCCn2c(C3CC(=O)N(c4c(C)cccc4C)C3)nc3ccccc32)c1. The standard InChI is InChI=1S/C30H33N3O2/c1-20-15-21(2)17-25(16-20)35-14-8-13-32-27-12-6-5-11-26(27)31-30(32)24-18-28(34)33(19-24)29-22(3)9-7-10-23(29)4/h5-7,9-12,15-17,24H,8,13-14,18-19H2,1-4H3. The summed E-state index contributed by atoms with van der Waals surface area (Å²) in [5.41, 5.74) is 7.84. The van der Waals surface area contributed by atoms with Crippen LogP contribution in [0.15, 0.2) is 60.7 Å². The second-order valence-electron chi connectivity index (χ2n) is 9.78. The summed E-state index contributed by atoms with van der Waals surface area (Å²) in [4.78, 5) is 20.1. The van der Waals surface area contributed by atoms with Gasteiger partial charge in [-0.1, -0.05) is 36.4 Å². The normalized spacial score (nSPS) is 15.8. The number of amides is 1. The van der Waals surface area contributed by atoms with Crippen LogP contribution in [-0.4, -0.2) is 28.6 Å². The molecule has 1 fully saturated rings. The lowest BCUT2D eigenvalue weighted by molar-refractivity contribution is -0.117. The summed E-state index contributed by atoms with van der Waals surface area (Å²) in [5, 5.41) is 0. The summed E-state index contributed by atoms with van der Waals surface area (Å²) < 4.78 is 8.36. The number of imidazole rings is 1. The van der Waals surface area contributed by atoms with E-state index in [0.29, 0.717) is 19.6 Å². The van der Waals surface area contributed by atoms with Crippen LogP contribution in [0.1, 0.15) is 46.8 Å². The van der Waals surface area contributed by atoms with E-state index in [1.807, 2.05) is 17.0 Å². The van der Waals surface area contributed by atoms with Crippen molar-refractivity contribution < 1.29 is 9.53 Å². The highest BCUT2D eigenvalue weighted by Crippen LogP contribution is 2.36. The van der Waals surface area contributed by atoms with Crippen molar-refractivity contribution in [3.63, 3.8) is 0 Å². The fourth-order valence-electron chi connectivity index (χ4n) is 5.40. The number of carbonyl (C=O) groups is 1. The summed E-state index contributed by atoms with van der Waals surface area (Å²) in [6.07, 6.45) is 1.35. The van der Waals surface area contributed by atoms with Gasteiger partial charge in [-0.3, -0.25) is 4.79 Å². The van der Waals surface area contributed by atoms with Gasteiger partial charge in [0.05, 0.1) is 17.6 Å². The minimum atomic E-state index is 0.0641. The highest BCUT2D eigenvalue weighted by molar-refractivity contribution is 5.98. The maximum atomic E-state index is 13.1. The first kappa shape index (κ1) is 23.2. The van der Waals surface area contributed by atoms with Crippen molar-refractivity contribution in [3.8, 4) is 5.75 Å². The summed E-state index contributed by atoms with van der Waals surface area (Å²) in [6, 6.07) is 20.8. The minimum absolute atomic E-state index is 0.0641. The van der Waals surface area contributed by atoms with Gasteiger partial charge in [0.2, 0.25) is 5.91 Å². The molecule has 5 rings (SSSR count). The highest BCUT2D eigenvalue weighted by atomic mass is 16.5. The molecule has 0 N–H and O–H groups in total. The first-order valence-electron chi connectivity index (χ1n) is 12.4. The Morgan fingerprint density at radius 3 is 2.40 bits per heavy atom. The number of aryl methyl sites for hydroxylation is 5. The number of aromatic nitrogens is 2. The number of anilines is 1. The van der Waals surface area contributed by atoms with Crippen LogP contribution >= 0.6 is 0 Å². The van der Waals surface area contributed by atoms with Crippen LogP contribution in [0, 0.1) is 27.7 Å². The van der Waals surface area contributed by atoms with Crippen molar-refractivity contribution in [2.75, 3.05) is 18.1 Å². The van der Waals surface area contributed by atoms with E-state index in [1.165, 1.54) is 11.1 Å². The molecular weight excluding hydrogens is 434 g/mol. The number of ether oxygens (including phenoxy) is 1. The first-order chi connectivity index (χ1) is 16.9. The Morgan fingerprint density at radius 1 is 0.943 bits per heavy atom. The van der Waals surface area contributed by atoms with E-state index < -0.39 is 0 Å². The molecule has 4 aromatic rings. The fraction of sp³-hybridized carbons (Fsp3) is 0.333. The van der Waals surface area contributed by atoms with E-state index in [4.69, 9.17) is 9.72 Å². The maximum absolute atomic E-state index is 13.1. The van der Waals surface area contributed by atoms with Crippen molar-refractivity contribution >= 4 is 22.6 Å². The maximum Gasteiger partial charge on any atom is 0.227 e. The van der Waals surface area contributed by atoms with Crippen LogP contribution in [0.4, 0.5) is 5.69 Å². The molecule has 5 heteroatoms. The molecule has 1 aliphatic rings. The Bertz CT molecular complexity index is 1350. The molecule has 0 bridgehead atoms. The van der Waals surface area contributed by atoms with Crippen LogP contribution in [0.5, 0.6) is 5.75 Å². The molecule has 5 nitrogen and oxygen atoms in total. The lowest BCUT2D eigenvalue weighted by Gasteiger charge is -2.21. The largest absolute Gasteiger partial charge is 0.494 e. The Labute approximate surface area is 207 Å². The zero-order valence-corrected chi connectivity index (χ0v) is 21.0. The van der Waals surface area contributed by atoms with Crippen molar-refractivity contribution in [1.29, 1.82) is 0 Å². The van der Waals surface area contributed by atoms with Crippen molar-refractivity contribution in [2.45, 2.75) is 53.0 Å². The van der Waals surface area contributed by atoms with Gasteiger partial charge in [0.25, 0.3) is 0 Å². The molecule has 35 heavy (non-hydrogen) atoms. The van der Waals surface area contributed by atoms with Crippen LogP contribution < -0.4 is 9.64 Å². The van der Waals surface area contributed by atoms with Gasteiger partial charge < -0.3 is 14.2 Å². The molecule has 1 unspecified atom stereocenters. The molecule has 1 atom stereocenters. The van der Waals surface area contributed by atoms with Gasteiger partial charge in [-0.15, -0.1) is 0 Å². The van der Waals surface area contributed by atoms with Gasteiger partial charge in [0.15, 0.2) is 0 Å². The third kappa shape index (κ3) is 4.68. The molecule has 1 saturated heterocycles. The van der Waals surface area contributed by atoms with E-state index in [9.17, 15) is 4.79 Å². The van der Waals surface area contributed by atoms with Crippen molar-refractivity contribution in [2.24, 2.45) is 0 Å². The number of fused-ring (bicyclic) bond motifs is 1. The first-order valence-corrected chi connectivity index (χ1v) is 12.4. The molecule has 1 aliphatic heterocycles. The van der Waals surface area contributed by atoms with Gasteiger partial charge in [0, 0.05) is 31.1 Å². The third-order valence-electron chi connectivity index (χ3n) is 6.87. The zero-order chi connectivity index (χ0) is 24.5. The van der Waals surface area contributed by atoms with Crippen LogP contribution in [0.3, 0.4) is 0 Å². The van der Waals surface area contributed by atoms with E-state index in [-0.39, 0.29) is 11.8 Å². The smallest absolute Gasteiger partial charge is 0.227 e. The summed E-state index contributed by atoms with van der Waals surface area (Å²) in [5.74, 6) is 2.15. The fourth-order valence-corrected chi connectivity index (χ4v) is 5.40. The predicted octanol–water partition coefficient (Wildman–Crippen LogP) is 6.26. The lowest BCUT2D eigenvalue weighted by Crippen LogP contribution is -2.26. The zero-order valence-electron chi connectivity index (χ0n) is 21.0. The van der Waals surface area contributed by atoms with E-state index in [1.54, 1.807) is 0 Å². The molecule has 0 saturated carbocycles. The average molecular weight is 468 g/mol. The third-order valence-corrected chi connectivity index (χ3v) is 6.87.